The zero-order chi connectivity index (χ0) is 14.8. The van der Waals surface area contributed by atoms with Crippen LogP contribution in [0.1, 0.15) is 30.8 Å². The average molecular weight is 283 g/mol. The van der Waals surface area contributed by atoms with Crippen molar-refractivity contribution in [1.29, 1.82) is 0 Å². The maximum Gasteiger partial charge on any atom is 0.274 e. The van der Waals surface area contributed by atoms with Gasteiger partial charge in [-0.25, -0.2) is 4.68 Å². The number of hydrogen-bond acceptors (Lipinski definition) is 2. The van der Waals surface area contributed by atoms with E-state index in [2.05, 4.69) is 18.9 Å². The Hall–Kier alpha value is -2.10. The van der Waals surface area contributed by atoms with E-state index < -0.39 is 0 Å². The van der Waals surface area contributed by atoms with Crippen LogP contribution in [0.15, 0.2) is 42.6 Å². The Morgan fingerprint density at radius 1 is 1.10 bits per heavy atom. The summed E-state index contributed by atoms with van der Waals surface area (Å²) in [6, 6.07) is 11.7. The number of benzene rings is 1. The number of piperidine rings is 1. The number of nitrogens with zero attached hydrogens (tertiary/aromatic N) is 3. The van der Waals surface area contributed by atoms with Crippen molar-refractivity contribution < 1.29 is 4.79 Å². The summed E-state index contributed by atoms with van der Waals surface area (Å²) < 4.78 is 1.75. The van der Waals surface area contributed by atoms with Crippen molar-refractivity contribution in [3.8, 4) is 5.69 Å². The molecule has 2 aromatic rings. The molecular formula is C17H21N3O. The van der Waals surface area contributed by atoms with Crippen LogP contribution in [0.5, 0.6) is 0 Å². The summed E-state index contributed by atoms with van der Waals surface area (Å²) in [6.45, 7) is 6.08. The van der Waals surface area contributed by atoms with Crippen LogP contribution in [-0.4, -0.2) is 33.7 Å². The molecule has 0 radical (unpaired) electrons. The molecule has 110 valence electrons. The van der Waals surface area contributed by atoms with Gasteiger partial charge in [0.25, 0.3) is 5.91 Å². The minimum absolute atomic E-state index is 0.0445. The summed E-state index contributed by atoms with van der Waals surface area (Å²) in [5.74, 6) is 1.17. The van der Waals surface area contributed by atoms with Crippen LogP contribution in [0.3, 0.4) is 0 Å². The Morgan fingerprint density at radius 3 is 2.43 bits per heavy atom. The Morgan fingerprint density at radius 2 is 1.76 bits per heavy atom. The lowest BCUT2D eigenvalue weighted by molar-refractivity contribution is 0.0616. The topological polar surface area (TPSA) is 38.1 Å². The van der Waals surface area contributed by atoms with Gasteiger partial charge in [-0.2, -0.15) is 5.10 Å². The molecule has 21 heavy (non-hydrogen) atoms. The molecule has 2 unspecified atom stereocenters. The van der Waals surface area contributed by atoms with Crippen molar-refractivity contribution in [2.24, 2.45) is 11.8 Å². The second-order valence-electron chi connectivity index (χ2n) is 6.14. The first-order chi connectivity index (χ1) is 10.1. The van der Waals surface area contributed by atoms with Crippen LogP contribution < -0.4 is 0 Å². The number of amides is 1. The molecule has 1 fully saturated rings. The van der Waals surface area contributed by atoms with Crippen molar-refractivity contribution in [2.45, 2.75) is 20.3 Å². The van der Waals surface area contributed by atoms with Gasteiger partial charge >= 0.3 is 0 Å². The Balaban J connectivity index is 1.78. The lowest BCUT2D eigenvalue weighted by Crippen LogP contribution is -2.42. The van der Waals surface area contributed by atoms with E-state index in [0.717, 1.165) is 18.8 Å². The van der Waals surface area contributed by atoms with Crippen LogP contribution >= 0.6 is 0 Å². The molecule has 1 aromatic heterocycles. The Kier molecular flexibility index (Phi) is 3.78. The first kappa shape index (κ1) is 13.9. The normalized spacial score (nSPS) is 22.3. The Bertz CT molecular complexity index is 610. The molecular weight excluding hydrogens is 262 g/mol. The zero-order valence-corrected chi connectivity index (χ0v) is 12.6. The first-order valence-corrected chi connectivity index (χ1v) is 7.54. The maximum atomic E-state index is 12.6. The fourth-order valence-electron chi connectivity index (χ4n) is 3.15. The third kappa shape index (κ3) is 2.99. The molecule has 4 nitrogen and oxygen atoms in total. The summed E-state index contributed by atoms with van der Waals surface area (Å²) in [5, 5.41) is 4.43. The van der Waals surface area contributed by atoms with Gasteiger partial charge in [-0.05, 0) is 36.5 Å². The minimum Gasteiger partial charge on any atom is -0.337 e. The summed E-state index contributed by atoms with van der Waals surface area (Å²) >= 11 is 0. The number of rotatable bonds is 2. The van der Waals surface area contributed by atoms with Crippen molar-refractivity contribution in [2.75, 3.05) is 13.1 Å². The molecule has 1 aromatic carbocycles. The minimum atomic E-state index is 0.0445. The zero-order valence-electron chi connectivity index (χ0n) is 12.6. The van der Waals surface area contributed by atoms with E-state index in [4.69, 9.17) is 0 Å². The lowest BCUT2D eigenvalue weighted by atomic mass is 9.92. The number of carbonyl (C=O) groups excluding carboxylic acids is 1. The van der Waals surface area contributed by atoms with Crippen molar-refractivity contribution in [3.05, 3.63) is 48.3 Å². The van der Waals surface area contributed by atoms with E-state index in [1.54, 1.807) is 10.7 Å². The summed E-state index contributed by atoms with van der Waals surface area (Å²) in [6.07, 6.45) is 3.04. The lowest BCUT2D eigenvalue weighted by Gasteiger charge is -2.34. The van der Waals surface area contributed by atoms with Crippen LogP contribution in [0.25, 0.3) is 5.69 Å². The molecule has 0 bridgehead atoms. The largest absolute Gasteiger partial charge is 0.337 e. The molecule has 1 saturated heterocycles. The van der Waals surface area contributed by atoms with Gasteiger partial charge in [0, 0.05) is 19.3 Å². The van der Waals surface area contributed by atoms with Gasteiger partial charge in [0.05, 0.1) is 5.69 Å². The van der Waals surface area contributed by atoms with Crippen molar-refractivity contribution in [1.82, 2.24) is 14.7 Å². The number of hydrogen-bond donors (Lipinski definition) is 0. The van der Waals surface area contributed by atoms with Crippen LogP contribution in [-0.2, 0) is 0 Å². The number of carbonyl (C=O) groups is 1. The summed E-state index contributed by atoms with van der Waals surface area (Å²) in [7, 11) is 0. The van der Waals surface area contributed by atoms with Crippen molar-refractivity contribution in [3.63, 3.8) is 0 Å². The van der Waals surface area contributed by atoms with Crippen molar-refractivity contribution >= 4 is 5.91 Å². The predicted molar refractivity (Wildman–Crippen MR) is 82.4 cm³/mol. The predicted octanol–water partition coefficient (Wildman–Crippen LogP) is 2.99. The highest BCUT2D eigenvalue weighted by Gasteiger charge is 2.27. The molecule has 0 spiro atoms. The molecule has 2 heterocycles. The monoisotopic (exact) mass is 283 g/mol. The highest BCUT2D eigenvalue weighted by Crippen LogP contribution is 2.22. The van der Waals surface area contributed by atoms with E-state index in [0.29, 0.717) is 17.5 Å². The molecule has 1 aliphatic rings. The molecule has 0 aliphatic carbocycles. The average Bonchev–Trinajstić information content (AvgIpc) is 2.96. The van der Waals surface area contributed by atoms with E-state index in [9.17, 15) is 4.79 Å². The van der Waals surface area contributed by atoms with Gasteiger partial charge in [0.2, 0.25) is 0 Å². The van der Waals surface area contributed by atoms with Gasteiger partial charge in [0.15, 0.2) is 5.69 Å². The van der Waals surface area contributed by atoms with Gasteiger partial charge < -0.3 is 4.90 Å². The maximum absolute atomic E-state index is 12.6. The standard InChI is InChI=1S/C17H21N3O/c1-13-10-14(2)12-19(11-13)17(21)16-8-9-20(18-16)15-6-4-3-5-7-15/h3-9,13-14H,10-12H2,1-2H3. The quantitative estimate of drug-likeness (QED) is 0.850. The second kappa shape index (κ2) is 5.72. The summed E-state index contributed by atoms with van der Waals surface area (Å²) in [5.41, 5.74) is 1.50. The Labute approximate surface area is 125 Å². The fourth-order valence-corrected chi connectivity index (χ4v) is 3.15. The number of likely N-dealkylation sites (tertiary alicyclic amines) is 1. The third-order valence-corrected chi connectivity index (χ3v) is 3.99. The van der Waals surface area contributed by atoms with Crippen LogP contribution in [0.2, 0.25) is 0 Å². The van der Waals surface area contributed by atoms with Crippen LogP contribution in [0, 0.1) is 11.8 Å². The second-order valence-corrected chi connectivity index (χ2v) is 6.14. The molecule has 1 amide bonds. The van der Waals surface area contributed by atoms with E-state index in [1.165, 1.54) is 6.42 Å². The highest BCUT2D eigenvalue weighted by atomic mass is 16.2. The van der Waals surface area contributed by atoms with Gasteiger partial charge in [0.1, 0.15) is 0 Å². The van der Waals surface area contributed by atoms with Gasteiger partial charge in [-0.1, -0.05) is 32.0 Å². The molecule has 2 atom stereocenters. The molecule has 1 aliphatic heterocycles. The molecule has 0 N–H and O–H groups in total. The molecule has 4 heteroatoms. The smallest absolute Gasteiger partial charge is 0.274 e. The van der Waals surface area contributed by atoms with Gasteiger partial charge in [-0.15, -0.1) is 0 Å². The third-order valence-electron chi connectivity index (χ3n) is 3.99. The fraction of sp³-hybridized carbons (Fsp3) is 0.412. The molecule has 3 rings (SSSR count). The number of aromatic nitrogens is 2. The molecule has 0 saturated carbocycles. The number of para-hydroxylation sites is 1. The SMILES string of the molecule is CC1CC(C)CN(C(=O)c2ccn(-c3ccccc3)n2)C1. The highest BCUT2D eigenvalue weighted by molar-refractivity contribution is 5.92. The first-order valence-electron chi connectivity index (χ1n) is 7.54. The van der Waals surface area contributed by atoms with E-state index in [1.807, 2.05) is 41.4 Å². The van der Waals surface area contributed by atoms with E-state index >= 15 is 0 Å². The van der Waals surface area contributed by atoms with Crippen LogP contribution in [0.4, 0.5) is 0 Å². The van der Waals surface area contributed by atoms with E-state index in [-0.39, 0.29) is 5.91 Å². The van der Waals surface area contributed by atoms with Gasteiger partial charge in [-0.3, -0.25) is 4.79 Å². The summed E-state index contributed by atoms with van der Waals surface area (Å²) in [4.78, 5) is 14.5.